The van der Waals surface area contributed by atoms with Crippen molar-refractivity contribution in [2.75, 3.05) is 40.4 Å². The summed E-state index contributed by atoms with van der Waals surface area (Å²) in [6, 6.07) is 8.46. The number of ether oxygens (including phenoxy) is 4. The molecule has 8 heteroatoms. The smallest absolute Gasteiger partial charge is 0.171 e. The Bertz CT molecular complexity index is 1600. The Labute approximate surface area is 271 Å². The van der Waals surface area contributed by atoms with E-state index in [9.17, 15) is 10.2 Å². The molecule has 2 N–H and O–H groups in total. The fourth-order valence-electron chi connectivity index (χ4n) is 9.21. The van der Waals surface area contributed by atoms with E-state index >= 15 is 0 Å². The molecule has 0 fully saturated rings. The molecular weight excluding hydrogens is 580 g/mol. The number of hydrogen-bond donors (Lipinski definition) is 2. The topological polar surface area (TPSA) is 83.6 Å². The van der Waals surface area contributed by atoms with Crippen molar-refractivity contribution in [2.45, 2.75) is 93.2 Å². The standard InChI is InChI=1S/C38H47N2O6/c1-43-29-9-7-25-23-39(19-15-37-13-11-27(41)21-31(37)45-35(29)33(25)37)17-5-3-4-6-18-40-20-16-38-14-12-28(42)22-32(38)46-36-30(44-2)10-8-26(24-40)34(36)38/h7-14,23,27-28,31-32,41-42H,3-6,15-22,24H2,1-2H3/q+1/t27-,28-,31?,32-,37-,38-/m0/s1. The van der Waals surface area contributed by atoms with Gasteiger partial charge in [-0.1, -0.05) is 36.8 Å². The Morgan fingerprint density at radius 1 is 0.826 bits per heavy atom. The van der Waals surface area contributed by atoms with E-state index < -0.39 is 12.2 Å². The van der Waals surface area contributed by atoms with E-state index in [1.54, 1.807) is 14.2 Å². The number of aliphatic hydroxyl groups is 2. The Morgan fingerprint density at radius 2 is 1.48 bits per heavy atom. The molecule has 4 heterocycles. The van der Waals surface area contributed by atoms with Crippen molar-refractivity contribution in [1.82, 2.24) is 4.90 Å². The monoisotopic (exact) mass is 627 g/mol. The molecule has 8 nitrogen and oxygen atoms in total. The molecule has 46 heavy (non-hydrogen) atoms. The normalized spacial score (nSPS) is 31.8. The second-order valence-corrected chi connectivity index (χ2v) is 14.2. The minimum Gasteiger partial charge on any atom is -0.493 e. The molecule has 2 aliphatic carbocycles. The summed E-state index contributed by atoms with van der Waals surface area (Å²) >= 11 is 0. The molecule has 2 spiro atoms. The zero-order valence-corrected chi connectivity index (χ0v) is 27.1. The van der Waals surface area contributed by atoms with Crippen LogP contribution < -0.4 is 18.9 Å². The Balaban J connectivity index is 0.890. The van der Waals surface area contributed by atoms with Crippen molar-refractivity contribution in [3.05, 3.63) is 70.8 Å². The van der Waals surface area contributed by atoms with Gasteiger partial charge in [-0.05, 0) is 56.1 Å². The van der Waals surface area contributed by atoms with Crippen LogP contribution in [-0.4, -0.2) is 90.7 Å². The zero-order valence-electron chi connectivity index (χ0n) is 27.1. The molecule has 8 rings (SSSR count). The highest BCUT2D eigenvalue weighted by Gasteiger charge is 2.54. The fourth-order valence-corrected chi connectivity index (χ4v) is 9.21. The molecule has 0 radical (unpaired) electrons. The molecule has 1 unspecified atom stereocenters. The van der Waals surface area contributed by atoms with Crippen molar-refractivity contribution < 1.29 is 33.7 Å². The number of nitrogens with zero attached hydrogens (tertiary/aromatic N) is 2. The van der Waals surface area contributed by atoms with Gasteiger partial charge in [0.25, 0.3) is 0 Å². The summed E-state index contributed by atoms with van der Waals surface area (Å²) < 4.78 is 26.8. The Hall–Kier alpha value is -3.33. The van der Waals surface area contributed by atoms with E-state index in [1.807, 2.05) is 24.3 Å². The van der Waals surface area contributed by atoms with Gasteiger partial charge in [0.1, 0.15) is 25.3 Å². The van der Waals surface area contributed by atoms with Crippen LogP contribution in [0.5, 0.6) is 23.0 Å². The summed E-state index contributed by atoms with van der Waals surface area (Å²) in [7, 11) is 3.41. The van der Waals surface area contributed by atoms with Crippen LogP contribution in [0.3, 0.4) is 0 Å². The van der Waals surface area contributed by atoms with Gasteiger partial charge in [0.15, 0.2) is 29.2 Å². The number of methoxy groups -OCH3 is 2. The number of aliphatic hydroxyl groups excluding tert-OH is 2. The van der Waals surface area contributed by atoms with E-state index in [1.165, 1.54) is 41.5 Å². The Morgan fingerprint density at radius 3 is 2.20 bits per heavy atom. The van der Waals surface area contributed by atoms with Crippen LogP contribution in [-0.2, 0) is 17.4 Å². The van der Waals surface area contributed by atoms with Crippen molar-refractivity contribution in [3.8, 4) is 23.0 Å². The summed E-state index contributed by atoms with van der Waals surface area (Å²) in [6.07, 6.45) is 17.6. The van der Waals surface area contributed by atoms with Gasteiger partial charge in [0.2, 0.25) is 0 Å². The maximum atomic E-state index is 10.4. The van der Waals surface area contributed by atoms with Crippen LogP contribution in [0.4, 0.5) is 0 Å². The summed E-state index contributed by atoms with van der Waals surface area (Å²) in [4.78, 5) is 2.61. The van der Waals surface area contributed by atoms with Crippen LogP contribution in [0.1, 0.15) is 73.6 Å². The van der Waals surface area contributed by atoms with Crippen molar-refractivity contribution >= 4 is 6.21 Å². The van der Waals surface area contributed by atoms with Crippen molar-refractivity contribution in [2.24, 2.45) is 0 Å². The summed E-state index contributed by atoms with van der Waals surface area (Å²) in [5.74, 6) is 3.31. The molecule has 0 saturated heterocycles. The van der Waals surface area contributed by atoms with Crippen LogP contribution >= 0.6 is 0 Å². The molecule has 2 aromatic rings. The van der Waals surface area contributed by atoms with Gasteiger partial charge < -0.3 is 29.2 Å². The van der Waals surface area contributed by atoms with E-state index in [2.05, 4.69) is 40.0 Å². The van der Waals surface area contributed by atoms with Gasteiger partial charge in [0.05, 0.1) is 37.3 Å². The molecule has 2 aromatic carbocycles. The minimum atomic E-state index is -0.463. The molecular formula is C38H47N2O6+. The first-order valence-corrected chi connectivity index (χ1v) is 17.3. The lowest BCUT2D eigenvalue weighted by Gasteiger charge is -2.35. The van der Waals surface area contributed by atoms with Crippen LogP contribution in [0.15, 0.2) is 48.6 Å². The third kappa shape index (κ3) is 4.78. The quantitative estimate of drug-likeness (QED) is 0.238. The van der Waals surface area contributed by atoms with Crippen molar-refractivity contribution in [3.63, 3.8) is 0 Å². The third-order valence-corrected chi connectivity index (χ3v) is 11.6. The third-order valence-electron chi connectivity index (χ3n) is 11.6. The van der Waals surface area contributed by atoms with E-state index in [0.29, 0.717) is 12.8 Å². The predicted molar refractivity (Wildman–Crippen MR) is 176 cm³/mol. The number of hydrogen-bond acceptors (Lipinski definition) is 7. The first-order valence-electron chi connectivity index (χ1n) is 17.3. The fraction of sp³-hybridized carbons (Fsp3) is 0.553. The average molecular weight is 628 g/mol. The van der Waals surface area contributed by atoms with Gasteiger partial charge in [-0.2, -0.15) is 0 Å². The van der Waals surface area contributed by atoms with E-state index in [0.717, 1.165) is 75.0 Å². The van der Waals surface area contributed by atoms with Crippen LogP contribution in [0.2, 0.25) is 0 Å². The lowest BCUT2D eigenvalue weighted by molar-refractivity contribution is -0.524. The first kappa shape index (κ1) is 30.0. The van der Waals surface area contributed by atoms with Gasteiger partial charge in [0, 0.05) is 48.9 Å². The molecule has 6 atom stereocenters. The molecule has 0 bridgehead atoms. The van der Waals surface area contributed by atoms with Crippen LogP contribution in [0, 0.1) is 0 Å². The first-order chi connectivity index (χ1) is 22.4. The number of rotatable bonds is 9. The molecule has 6 aliphatic rings. The lowest BCUT2D eigenvalue weighted by Crippen LogP contribution is -2.43. The van der Waals surface area contributed by atoms with E-state index in [-0.39, 0.29) is 23.0 Å². The summed E-state index contributed by atoms with van der Waals surface area (Å²) in [5, 5.41) is 20.7. The minimum absolute atomic E-state index is 0.0445. The Kier molecular flexibility index (Phi) is 7.65. The summed E-state index contributed by atoms with van der Waals surface area (Å²) in [6.45, 7) is 5.04. The molecule has 244 valence electrons. The number of benzene rings is 2. The average Bonchev–Trinajstić information content (AvgIpc) is 3.44. The van der Waals surface area contributed by atoms with Gasteiger partial charge >= 0.3 is 0 Å². The van der Waals surface area contributed by atoms with Gasteiger partial charge in [-0.25, -0.2) is 4.58 Å². The highest BCUT2D eigenvalue weighted by atomic mass is 16.5. The summed E-state index contributed by atoms with van der Waals surface area (Å²) in [5.41, 5.74) is 4.66. The largest absolute Gasteiger partial charge is 0.493 e. The molecule has 0 saturated carbocycles. The molecule has 0 aromatic heterocycles. The van der Waals surface area contributed by atoms with Gasteiger partial charge in [-0.3, -0.25) is 4.90 Å². The molecule has 0 amide bonds. The van der Waals surface area contributed by atoms with Crippen molar-refractivity contribution in [1.29, 1.82) is 0 Å². The molecule has 4 aliphatic heterocycles. The highest BCUT2D eigenvalue weighted by molar-refractivity contribution is 5.83. The lowest BCUT2D eigenvalue weighted by atomic mass is 9.69. The van der Waals surface area contributed by atoms with E-state index in [4.69, 9.17) is 18.9 Å². The van der Waals surface area contributed by atoms with Gasteiger partial charge in [-0.15, -0.1) is 0 Å². The second-order valence-electron chi connectivity index (χ2n) is 14.2. The second kappa shape index (κ2) is 11.7. The highest BCUT2D eigenvalue weighted by Crippen LogP contribution is 2.56. The maximum absolute atomic E-state index is 10.4. The number of unbranched alkanes of at least 4 members (excludes halogenated alkanes) is 3. The predicted octanol–water partition coefficient (Wildman–Crippen LogP) is 4.64. The zero-order chi connectivity index (χ0) is 31.5. The SMILES string of the molecule is COc1ccc2c3c1OC1C[C@@H](O)C=C[C@@]31CC[N+](CCCCCCN1CC[C@@]34C=C[C@H](O)C[C@@H]3Oc3c(OC)ccc(c34)C1)=C2. The van der Waals surface area contributed by atoms with Crippen LogP contribution in [0.25, 0.3) is 0 Å². The maximum Gasteiger partial charge on any atom is 0.171 e.